The molecular weight excluding hydrogens is 368 g/mol. The number of carbonyl (C=O) groups is 1. The van der Waals surface area contributed by atoms with E-state index in [0.29, 0.717) is 5.69 Å². The number of hydrogen-bond acceptors (Lipinski definition) is 2. The van der Waals surface area contributed by atoms with Gasteiger partial charge in [-0.1, -0.05) is 52.0 Å². The average Bonchev–Trinajstić information content (AvgIpc) is 3.02. The molecule has 0 fully saturated rings. The first-order chi connectivity index (χ1) is 11.7. The summed E-state index contributed by atoms with van der Waals surface area (Å²) in [6.45, 7) is 0.550. The van der Waals surface area contributed by atoms with E-state index in [1.807, 2.05) is 54.6 Å². The van der Waals surface area contributed by atoms with E-state index in [4.69, 9.17) is 4.74 Å². The molecule has 0 saturated heterocycles. The maximum atomic E-state index is 12.1. The molecule has 1 aromatic heterocycles. The molecule has 2 aromatic carbocycles. The predicted octanol–water partition coefficient (Wildman–Crippen LogP) is 3.74. The molecule has 0 aliphatic heterocycles. The van der Waals surface area contributed by atoms with Crippen molar-refractivity contribution in [3.8, 4) is 17.6 Å². The number of nitrogens with one attached hydrogen (secondary N) is 2. The Morgan fingerprint density at radius 2 is 2.00 bits per heavy atom. The lowest BCUT2D eigenvalue weighted by Crippen LogP contribution is -2.23. The number of halogens is 1. The molecule has 2 N–H and O–H groups in total. The summed E-state index contributed by atoms with van der Waals surface area (Å²) in [4.78, 5) is 15.1. The summed E-state index contributed by atoms with van der Waals surface area (Å²) in [7, 11) is 0. The van der Waals surface area contributed by atoms with Gasteiger partial charge >= 0.3 is 0 Å². The van der Waals surface area contributed by atoms with Gasteiger partial charge in [-0.3, -0.25) is 4.79 Å². The SMILES string of the molecule is O=C(NCC#CCOc1cccc(Br)c1)c1cc2ccccc2[nH]1. The Labute approximate surface area is 148 Å². The van der Waals surface area contributed by atoms with Crippen molar-refractivity contribution in [1.82, 2.24) is 10.3 Å². The number of benzene rings is 2. The van der Waals surface area contributed by atoms with E-state index in [2.05, 4.69) is 38.1 Å². The van der Waals surface area contributed by atoms with E-state index in [9.17, 15) is 4.79 Å². The van der Waals surface area contributed by atoms with Gasteiger partial charge < -0.3 is 15.0 Å². The Kier molecular flexibility index (Phi) is 5.19. The third kappa shape index (κ3) is 4.18. The number of rotatable bonds is 4. The fourth-order valence-electron chi connectivity index (χ4n) is 2.21. The molecule has 3 rings (SSSR count). The molecule has 0 aliphatic rings. The van der Waals surface area contributed by atoms with Gasteiger partial charge in [-0.15, -0.1) is 0 Å². The van der Waals surface area contributed by atoms with Crippen molar-refractivity contribution in [1.29, 1.82) is 0 Å². The first-order valence-electron chi connectivity index (χ1n) is 7.42. The first-order valence-corrected chi connectivity index (χ1v) is 8.22. The molecule has 0 atom stereocenters. The normalized spacial score (nSPS) is 10.0. The lowest BCUT2D eigenvalue weighted by atomic mass is 10.2. The highest BCUT2D eigenvalue weighted by Crippen LogP contribution is 2.17. The van der Waals surface area contributed by atoms with Crippen molar-refractivity contribution < 1.29 is 9.53 Å². The lowest BCUT2D eigenvalue weighted by molar-refractivity contribution is 0.0954. The van der Waals surface area contributed by atoms with Gasteiger partial charge in [0.2, 0.25) is 0 Å². The Morgan fingerprint density at radius 1 is 1.12 bits per heavy atom. The zero-order valence-corrected chi connectivity index (χ0v) is 14.4. The number of aromatic amines is 1. The van der Waals surface area contributed by atoms with Gasteiger partial charge in [0.25, 0.3) is 5.91 Å². The Balaban J connectivity index is 1.47. The van der Waals surface area contributed by atoms with E-state index < -0.39 is 0 Å². The maximum absolute atomic E-state index is 12.1. The standard InChI is InChI=1S/C19H15BrN2O2/c20-15-7-5-8-16(13-15)24-11-4-3-10-21-19(23)18-12-14-6-1-2-9-17(14)22-18/h1-2,5-9,12-13,22H,10-11H2,(H,21,23). The summed E-state index contributed by atoms with van der Waals surface area (Å²) >= 11 is 3.38. The second-order valence-corrected chi connectivity index (χ2v) is 5.97. The van der Waals surface area contributed by atoms with Crippen molar-refractivity contribution >= 4 is 32.7 Å². The zero-order valence-electron chi connectivity index (χ0n) is 12.8. The zero-order chi connectivity index (χ0) is 16.8. The molecule has 24 heavy (non-hydrogen) atoms. The Morgan fingerprint density at radius 3 is 2.83 bits per heavy atom. The number of amides is 1. The molecule has 0 aliphatic carbocycles. The van der Waals surface area contributed by atoms with Gasteiger partial charge in [-0.2, -0.15) is 0 Å². The van der Waals surface area contributed by atoms with Gasteiger partial charge in [0.15, 0.2) is 0 Å². The average molecular weight is 383 g/mol. The first kappa shape index (κ1) is 16.2. The number of H-pyrrole nitrogens is 1. The Bertz CT molecular complexity index is 889. The molecule has 0 bridgehead atoms. The van der Waals surface area contributed by atoms with Gasteiger partial charge in [0.1, 0.15) is 18.1 Å². The van der Waals surface area contributed by atoms with Crippen LogP contribution in [0.4, 0.5) is 0 Å². The van der Waals surface area contributed by atoms with Crippen LogP contribution in [0.1, 0.15) is 10.5 Å². The maximum Gasteiger partial charge on any atom is 0.268 e. The second-order valence-electron chi connectivity index (χ2n) is 5.05. The largest absolute Gasteiger partial charge is 0.481 e. The molecule has 0 spiro atoms. The molecule has 1 heterocycles. The summed E-state index contributed by atoms with van der Waals surface area (Å²) in [5.74, 6) is 6.32. The minimum absolute atomic E-state index is 0.173. The fourth-order valence-corrected chi connectivity index (χ4v) is 2.58. The van der Waals surface area contributed by atoms with Gasteiger partial charge in [0.05, 0.1) is 6.54 Å². The fraction of sp³-hybridized carbons (Fsp3) is 0.105. The van der Waals surface area contributed by atoms with Crippen LogP contribution in [0.15, 0.2) is 59.1 Å². The summed E-state index contributed by atoms with van der Waals surface area (Å²) in [5.41, 5.74) is 1.47. The van der Waals surface area contributed by atoms with Gasteiger partial charge in [-0.05, 0) is 30.3 Å². The van der Waals surface area contributed by atoms with Crippen LogP contribution in [0.25, 0.3) is 10.9 Å². The topological polar surface area (TPSA) is 54.1 Å². The van der Waals surface area contributed by atoms with Crippen LogP contribution in [0.2, 0.25) is 0 Å². The minimum atomic E-state index is -0.173. The van der Waals surface area contributed by atoms with Crippen LogP contribution in [-0.4, -0.2) is 24.0 Å². The van der Waals surface area contributed by atoms with Gasteiger partial charge in [-0.25, -0.2) is 0 Å². The summed E-state index contributed by atoms with van der Waals surface area (Å²) in [6.07, 6.45) is 0. The molecule has 3 aromatic rings. The van der Waals surface area contributed by atoms with Crippen LogP contribution in [0.5, 0.6) is 5.75 Å². The number of para-hydroxylation sites is 1. The van der Waals surface area contributed by atoms with E-state index in [-0.39, 0.29) is 19.1 Å². The molecule has 5 heteroatoms. The van der Waals surface area contributed by atoms with Crippen LogP contribution < -0.4 is 10.1 Å². The highest BCUT2D eigenvalue weighted by molar-refractivity contribution is 9.10. The smallest absolute Gasteiger partial charge is 0.268 e. The highest BCUT2D eigenvalue weighted by Gasteiger charge is 2.07. The number of fused-ring (bicyclic) bond motifs is 1. The summed E-state index contributed by atoms with van der Waals surface area (Å²) in [5, 5.41) is 3.77. The van der Waals surface area contributed by atoms with Crippen LogP contribution >= 0.6 is 15.9 Å². The van der Waals surface area contributed by atoms with Crippen molar-refractivity contribution in [2.45, 2.75) is 0 Å². The number of hydrogen-bond donors (Lipinski definition) is 2. The molecule has 0 saturated carbocycles. The molecule has 120 valence electrons. The second kappa shape index (κ2) is 7.71. The third-order valence-electron chi connectivity index (χ3n) is 3.34. The van der Waals surface area contributed by atoms with E-state index in [0.717, 1.165) is 21.1 Å². The quantitative estimate of drug-likeness (QED) is 0.675. The van der Waals surface area contributed by atoms with Gasteiger partial charge in [0, 0.05) is 15.4 Å². The van der Waals surface area contributed by atoms with Crippen LogP contribution in [0.3, 0.4) is 0 Å². The van der Waals surface area contributed by atoms with Crippen LogP contribution in [-0.2, 0) is 0 Å². The highest BCUT2D eigenvalue weighted by atomic mass is 79.9. The minimum Gasteiger partial charge on any atom is -0.481 e. The van der Waals surface area contributed by atoms with E-state index in [1.54, 1.807) is 0 Å². The molecule has 4 nitrogen and oxygen atoms in total. The van der Waals surface area contributed by atoms with E-state index >= 15 is 0 Å². The Hall–Kier alpha value is -2.71. The number of carbonyl (C=O) groups excluding carboxylic acids is 1. The molecule has 1 amide bonds. The predicted molar refractivity (Wildman–Crippen MR) is 98.0 cm³/mol. The van der Waals surface area contributed by atoms with E-state index in [1.165, 1.54) is 0 Å². The summed E-state index contributed by atoms with van der Waals surface area (Å²) < 4.78 is 6.45. The molecule has 0 radical (unpaired) electrons. The van der Waals surface area contributed by atoms with Crippen molar-refractivity contribution in [2.75, 3.05) is 13.2 Å². The van der Waals surface area contributed by atoms with Crippen LogP contribution in [0, 0.1) is 11.8 Å². The number of ether oxygens (including phenoxy) is 1. The molecule has 0 unspecified atom stereocenters. The third-order valence-corrected chi connectivity index (χ3v) is 3.84. The lowest BCUT2D eigenvalue weighted by Gasteiger charge is -2.01. The van der Waals surface area contributed by atoms with Crippen molar-refractivity contribution in [3.05, 3.63) is 64.8 Å². The van der Waals surface area contributed by atoms with Crippen molar-refractivity contribution in [3.63, 3.8) is 0 Å². The monoisotopic (exact) mass is 382 g/mol. The van der Waals surface area contributed by atoms with Crippen molar-refractivity contribution in [2.24, 2.45) is 0 Å². The summed E-state index contributed by atoms with van der Waals surface area (Å²) in [6, 6.07) is 17.2. The number of aromatic nitrogens is 1. The molecular formula is C19H15BrN2O2.